The number of carbonyl (C=O) groups is 2. The van der Waals surface area contributed by atoms with Gasteiger partial charge in [-0.25, -0.2) is 0 Å². The van der Waals surface area contributed by atoms with Crippen molar-refractivity contribution >= 4 is 59.6 Å². The predicted molar refractivity (Wildman–Crippen MR) is 207 cm³/mol. The Kier molecular flexibility index (Phi) is 16.7. The van der Waals surface area contributed by atoms with Gasteiger partial charge in [0.1, 0.15) is 43.3 Å². The van der Waals surface area contributed by atoms with Crippen LogP contribution in [0.15, 0.2) is 158 Å². The van der Waals surface area contributed by atoms with Crippen molar-refractivity contribution in [2.45, 2.75) is 13.8 Å². The van der Waals surface area contributed by atoms with Crippen molar-refractivity contribution in [1.82, 2.24) is 0 Å². The number of hydrogen-bond donors (Lipinski definition) is 0. The second-order valence-corrected chi connectivity index (χ2v) is 15.8. The first kappa shape index (κ1) is 40.8. The molecule has 6 rings (SSSR count). The molecule has 0 spiro atoms. The van der Waals surface area contributed by atoms with Gasteiger partial charge in [0.15, 0.2) is 0 Å². The van der Waals surface area contributed by atoms with E-state index in [1.165, 1.54) is 31.8 Å². The summed E-state index contributed by atoms with van der Waals surface area (Å²) in [6.45, 7) is 1.94. The Labute approximate surface area is 315 Å². The third-order valence-electron chi connectivity index (χ3n) is 7.53. The second kappa shape index (κ2) is 20.9. The maximum atomic E-state index is 8.89. The summed E-state index contributed by atoms with van der Waals surface area (Å²) in [5, 5.41) is 25.7. The van der Waals surface area contributed by atoms with E-state index in [2.05, 4.69) is 158 Å². The van der Waals surface area contributed by atoms with E-state index in [4.69, 9.17) is 29.3 Å². The number of hydrogen-bond acceptors (Lipinski definition) is 6. The van der Waals surface area contributed by atoms with Crippen LogP contribution in [0, 0.1) is 0 Å². The Bertz CT molecular complexity index is 1730. The first-order valence-corrected chi connectivity index (χ1v) is 18.9. The summed E-state index contributed by atoms with van der Waals surface area (Å²) in [6.07, 6.45) is 0. The minimum Gasteiger partial charge on any atom is -0.550 e. The van der Waals surface area contributed by atoms with Gasteiger partial charge in [0.05, 0.1) is 41.2 Å². The Morgan fingerprint density at radius 1 is 0.431 bits per heavy atom. The average Bonchev–Trinajstić information content (AvgIpc) is 3.13. The topological polar surface area (TPSA) is 98.7 Å². The number of benzene rings is 6. The zero-order chi connectivity index (χ0) is 35.9. The molecule has 0 N–H and O–H groups in total. The number of carboxylic acids is 2. The van der Waals surface area contributed by atoms with Gasteiger partial charge in [-0.2, -0.15) is 0 Å². The van der Waals surface area contributed by atoms with E-state index in [1.54, 1.807) is 14.2 Å². The van der Waals surface area contributed by atoms with Crippen molar-refractivity contribution in [1.29, 1.82) is 0 Å². The second-order valence-electron chi connectivity index (χ2n) is 11.0. The van der Waals surface area contributed by atoms with Crippen LogP contribution in [0.5, 0.6) is 11.5 Å². The summed E-state index contributed by atoms with van der Waals surface area (Å²) in [6, 6.07) is 56.6. The van der Waals surface area contributed by atoms with Gasteiger partial charge in [-0.3, -0.25) is 0 Å². The third-order valence-corrected chi connectivity index (χ3v) is 13.1. The summed E-state index contributed by atoms with van der Waals surface area (Å²) in [5.41, 5.74) is 2.23. The van der Waals surface area contributed by atoms with E-state index < -0.39 is 27.8 Å². The van der Waals surface area contributed by atoms with Gasteiger partial charge in [0, 0.05) is 11.9 Å². The molecular weight excluding hydrogens is 763 g/mol. The molecule has 0 amide bonds. The molecule has 0 bridgehead atoms. The van der Waals surface area contributed by atoms with Gasteiger partial charge < -0.3 is 29.3 Å². The fraction of sp³-hybridized carbons (Fsp3) is 0.0952. The normalized spacial score (nSPS) is 10.1. The van der Waals surface area contributed by atoms with E-state index in [0.29, 0.717) is 0 Å². The molecule has 9 heteroatoms. The van der Waals surface area contributed by atoms with Crippen LogP contribution in [0.1, 0.15) is 13.8 Å². The third kappa shape index (κ3) is 11.2. The van der Waals surface area contributed by atoms with Crippen LogP contribution in [0.3, 0.4) is 0 Å². The van der Waals surface area contributed by atoms with Crippen molar-refractivity contribution in [3.8, 4) is 22.6 Å². The molecule has 0 aliphatic carbocycles. The number of rotatable bonds is 9. The van der Waals surface area contributed by atoms with Crippen molar-refractivity contribution in [2.75, 3.05) is 14.2 Å². The summed E-state index contributed by atoms with van der Waals surface area (Å²) in [4.78, 5) is 17.8. The van der Waals surface area contributed by atoms with Crippen LogP contribution in [0.2, 0.25) is 0 Å². The van der Waals surface area contributed by atoms with Gasteiger partial charge in [0.25, 0.3) is 0 Å². The largest absolute Gasteiger partial charge is 2.00 e. The fourth-order valence-electron chi connectivity index (χ4n) is 5.71. The Morgan fingerprint density at radius 3 is 0.882 bits per heavy atom. The van der Waals surface area contributed by atoms with E-state index in [1.807, 2.05) is 0 Å². The van der Waals surface area contributed by atoms with Crippen LogP contribution in [-0.2, 0) is 29.1 Å². The summed E-state index contributed by atoms with van der Waals surface area (Å²) in [7, 11) is 0.737. The summed E-state index contributed by atoms with van der Waals surface area (Å²) in [5.74, 6) is -0.454. The van der Waals surface area contributed by atoms with E-state index in [0.717, 1.165) is 36.5 Å². The Hall–Kier alpha value is -4.66. The van der Waals surface area contributed by atoms with Gasteiger partial charge in [0.2, 0.25) is 0 Å². The van der Waals surface area contributed by atoms with Crippen molar-refractivity contribution < 1.29 is 48.8 Å². The van der Waals surface area contributed by atoms with Gasteiger partial charge in [-0.05, 0) is 86.6 Å². The molecule has 0 unspecified atom stereocenters. The van der Waals surface area contributed by atoms with Crippen molar-refractivity contribution in [3.63, 3.8) is 0 Å². The van der Waals surface area contributed by atoms with E-state index in [9.17, 15) is 0 Å². The smallest absolute Gasteiger partial charge is 0.550 e. The van der Waals surface area contributed by atoms with Crippen molar-refractivity contribution in [3.05, 3.63) is 158 Å². The maximum absolute atomic E-state index is 8.89. The van der Waals surface area contributed by atoms with Gasteiger partial charge in [-0.15, -0.1) is 0 Å². The zero-order valence-electron chi connectivity index (χ0n) is 28.8. The van der Waals surface area contributed by atoms with Gasteiger partial charge >= 0.3 is 19.5 Å². The van der Waals surface area contributed by atoms with E-state index >= 15 is 0 Å². The molecule has 0 fully saturated rings. The molecule has 0 saturated carbocycles. The molecular formula is C42H40O6P2Ru+2. The summed E-state index contributed by atoms with van der Waals surface area (Å²) >= 11 is 0. The molecule has 0 aliphatic heterocycles. The molecule has 6 nitrogen and oxygen atoms in total. The first-order chi connectivity index (χ1) is 24.3. The molecule has 51 heavy (non-hydrogen) atoms. The first-order valence-electron chi connectivity index (χ1n) is 15.9. The minimum atomic E-state index is -1.40. The number of carboxylic acid groups (broad SMARTS) is 2. The predicted octanol–water partition coefficient (Wildman–Crippen LogP) is 3.86. The molecule has 0 radical (unpaired) electrons. The number of aliphatic carboxylic acids is 2. The summed E-state index contributed by atoms with van der Waals surface area (Å²) < 4.78 is 12.4. The fourth-order valence-corrected chi connectivity index (χ4v) is 11.2. The number of carbonyl (C=O) groups excluding carboxylic acids is 2. The molecule has 0 atom stereocenters. The van der Waals surface area contributed by atoms with Crippen LogP contribution in [0.4, 0.5) is 0 Å². The molecule has 6 aromatic rings. The molecule has 6 aromatic carbocycles. The van der Waals surface area contributed by atoms with Crippen LogP contribution in [-0.4, -0.2) is 26.2 Å². The average molecular weight is 804 g/mol. The van der Waals surface area contributed by atoms with Gasteiger partial charge in [-0.1, -0.05) is 84.9 Å². The van der Waals surface area contributed by atoms with Crippen LogP contribution >= 0.6 is 15.8 Å². The standard InChI is InChI=1S/C38H32O2P2.2C2H4O2.Ru/c1-39-33-25-15-27-35(41(29-17-7-3-8-18-29)30-19-9-4-10-20-30)37(33)38-34(40-2)26-16-28-36(38)42(31-21-11-5-12-22-31)32-23-13-6-14-24-32;2*1-2(3)4;/h3-28H,1-2H3;2*1H3,(H,3,4);/q;;;+2. The molecule has 0 aromatic heterocycles. The number of ether oxygens (including phenoxy) is 2. The maximum Gasteiger partial charge on any atom is 2.00 e. The minimum absolute atomic E-state index is 0. The molecule has 260 valence electrons. The van der Waals surface area contributed by atoms with Crippen molar-refractivity contribution in [2.24, 2.45) is 0 Å². The SMILES string of the molecule is CC(=O)[O-].CC(=O)[O-].COc1cccc([PH+](c2ccccc2)c2ccccc2)c1-c1c(OC)cccc1[PH+](c1ccccc1)c1ccccc1.[Ru+2]. The van der Waals surface area contributed by atoms with Crippen LogP contribution in [0.25, 0.3) is 11.1 Å². The molecule has 0 heterocycles. The Morgan fingerprint density at radius 2 is 0.667 bits per heavy atom. The zero-order valence-corrected chi connectivity index (χ0v) is 32.6. The van der Waals surface area contributed by atoms with E-state index in [-0.39, 0.29) is 19.5 Å². The monoisotopic (exact) mass is 804 g/mol. The molecule has 0 saturated heterocycles. The molecule has 0 aliphatic rings. The quantitative estimate of drug-likeness (QED) is 0.163. The number of methoxy groups -OCH3 is 2. The van der Waals surface area contributed by atoms with Crippen LogP contribution < -0.4 is 51.5 Å². The Balaban J connectivity index is 0.000000709.